The first-order chi connectivity index (χ1) is 17.8. The second-order valence-corrected chi connectivity index (χ2v) is 8.87. The largest absolute Gasteiger partial charge is 0.493 e. The van der Waals surface area contributed by atoms with Gasteiger partial charge in [-0.1, -0.05) is 38.1 Å². The molecular formula is C27H36N2O4. The van der Waals surface area contributed by atoms with Crippen LogP contribution >= 0.6 is 0 Å². The van der Waals surface area contributed by atoms with Gasteiger partial charge in [-0.3, -0.25) is 4.79 Å². The Morgan fingerprint density at radius 3 is 2.64 bits per heavy atom. The molecule has 0 aliphatic carbocycles. The van der Waals surface area contributed by atoms with E-state index in [0.717, 1.165) is 43.6 Å². The van der Waals surface area contributed by atoms with Crippen molar-refractivity contribution in [3.05, 3.63) is 59.2 Å². The summed E-state index contributed by atoms with van der Waals surface area (Å²) in [5.74, 6) is -1.83. The number of aromatic carboxylic acids is 1. The van der Waals surface area contributed by atoms with Gasteiger partial charge in [0, 0.05) is 22.9 Å². The van der Waals surface area contributed by atoms with E-state index in [1.54, 1.807) is 0 Å². The predicted octanol–water partition coefficient (Wildman–Crippen LogP) is 5.22. The Morgan fingerprint density at radius 1 is 1.18 bits per heavy atom. The van der Waals surface area contributed by atoms with E-state index in [9.17, 15) is 14.7 Å². The van der Waals surface area contributed by atoms with Gasteiger partial charge in [0.1, 0.15) is 11.3 Å². The molecule has 0 aromatic heterocycles. The number of ether oxygens (including phenoxy) is 1. The van der Waals surface area contributed by atoms with Gasteiger partial charge in [-0.2, -0.15) is 0 Å². The molecule has 1 amide bonds. The maximum absolute atomic E-state index is 13.2. The van der Waals surface area contributed by atoms with E-state index in [-0.39, 0.29) is 18.4 Å². The molecule has 178 valence electrons. The number of carbonyl (C=O) groups excluding carboxylic acids is 1. The van der Waals surface area contributed by atoms with E-state index in [1.807, 2.05) is 18.2 Å². The van der Waals surface area contributed by atoms with Gasteiger partial charge in [0.2, 0.25) is 5.91 Å². The average molecular weight is 458 g/mol. The van der Waals surface area contributed by atoms with Gasteiger partial charge < -0.3 is 20.1 Å². The van der Waals surface area contributed by atoms with Crippen LogP contribution in [0.25, 0.3) is 0 Å². The molecule has 0 saturated carbocycles. The van der Waals surface area contributed by atoms with Gasteiger partial charge >= 0.3 is 5.97 Å². The first-order valence-corrected chi connectivity index (χ1v) is 11.5. The smallest absolute Gasteiger partial charge is 0.339 e. The minimum Gasteiger partial charge on any atom is -0.493 e. The zero-order valence-corrected chi connectivity index (χ0v) is 19.3. The van der Waals surface area contributed by atoms with Gasteiger partial charge in [-0.05, 0) is 67.8 Å². The molecule has 0 radical (unpaired) electrons. The number of carboxylic acids is 1. The number of nitrogens with zero attached hydrogens (tertiary/aromatic N) is 1. The molecule has 2 aromatic rings. The van der Waals surface area contributed by atoms with E-state index < -0.39 is 30.7 Å². The molecule has 1 aliphatic heterocycles. The first kappa shape index (κ1) is 18.4. The summed E-state index contributed by atoms with van der Waals surface area (Å²) in [6.07, 6.45) is 4.08. The number of piperidine rings is 1. The molecule has 0 spiro atoms. The van der Waals surface area contributed by atoms with Crippen LogP contribution in [-0.4, -0.2) is 36.6 Å². The van der Waals surface area contributed by atoms with Crippen LogP contribution in [-0.2, 0) is 11.2 Å². The quantitative estimate of drug-likeness (QED) is 0.511. The standard InChI is InChI=1S/C27H36N2O4/c1-4-33-25-17-20(12-13-22(25)27(31)32)18-26(30)28-23(16-19(2)3)21-10-6-7-11-24(21)29-14-8-5-9-15-29/h6-7,10-13,17,19,23H,4-5,8-9,14-16,18H2,1-3H3,(H,28,30)(H,31,32)/t23-/m0/s1/i1D3,4D2. The molecule has 33 heavy (non-hydrogen) atoms. The summed E-state index contributed by atoms with van der Waals surface area (Å²) in [5.41, 5.74) is 2.14. The van der Waals surface area contributed by atoms with Crippen LogP contribution in [0.5, 0.6) is 5.75 Å². The normalized spacial score (nSPS) is 17.8. The Morgan fingerprint density at radius 2 is 1.94 bits per heavy atom. The van der Waals surface area contributed by atoms with Crippen molar-refractivity contribution < 1.29 is 26.3 Å². The zero-order chi connectivity index (χ0) is 28.1. The summed E-state index contributed by atoms with van der Waals surface area (Å²) in [4.78, 5) is 27.2. The number of hydrogen-bond donors (Lipinski definition) is 2. The van der Waals surface area contributed by atoms with Gasteiger partial charge in [0.05, 0.1) is 21.8 Å². The van der Waals surface area contributed by atoms with Crippen LogP contribution in [0.15, 0.2) is 42.5 Å². The van der Waals surface area contributed by atoms with E-state index in [0.29, 0.717) is 11.5 Å². The summed E-state index contributed by atoms with van der Waals surface area (Å²) >= 11 is 0. The monoisotopic (exact) mass is 457 g/mol. The summed E-state index contributed by atoms with van der Waals surface area (Å²) in [7, 11) is 0. The number of anilines is 1. The van der Waals surface area contributed by atoms with Crippen molar-refractivity contribution in [2.24, 2.45) is 5.92 Å². The fourth-order valence-corrected chi connectivity index (χ4v) is 4.36. The molecule has 1 heterocycles. The summed E-state index contributed by atoms with van der Waals surface area (Å²) in [6, 6.07) is 11.7. The average Bonchev–Trinajstić information content (AvgIpc) is 2.83. The first-order valence-electron chi connectivity index (χ1n) is 14.0. The minimum atomic E-state index is -3.14. The van der Waals surface area contributed by atoms with Crippen LogP contribution in [0.3, 0.4) is 0 Å². The molecule has 1 saturated heterocycles. The number of carboxylic acid groups (broad SMARTS) is 1. The molecule has 3 rings (SSSR count). The lowest BCUT2D eigenvalue weighted by Gasteiger charge is -2.33. The summed E-state index contributed by atoms with van der Waals surface area (Å²) in [5, 5.41) is 12.6. The van der Waals surface area contributed by atoms with Crippen molar-refractivity contribution in [3.8, 4) is 5.75 Å². The van der Waals surface area contributed by atoms with Crippen LogP contribution < -0.4 is 15.0 Å². The topological polar surface area (TPSA) is 78.9 Å². The van der Waals surface area contributed by atoms with Gasteiger partial charge in [0.15, 0.2) is 0 Å². The lowest BCUT2D eigenvalue weighted by molar-refractivity contribution is -0.121. The number of benzene rings is 2. The van der Waals surface area contributed by atoms with Crippen molar-refractivity contribution in [2.45, 2.75) is 58.8 Å². The minimum absolute atomic E-state index is 0.118. The number of rotatable bonds is 10. The van der Waals surface area contributed by atoms with Gasteiger partial charge in [-0.25, -0.2) is 4.79 Å². The number of para-hydroxylation sites is 1. The number of carbonyl (C=O) groups is 2. The maximum Gasteiger partial charge on any atom is 0.339 e. The highest BCUT2D eigenvalue weighted by molar-refractivity contribution is 5.91. The molecule has 2 aromatic carbocycles. The fourth-order valence-electron chi connectivity index (χ4n) is 4.36. The van der Waals surface area contributed by atoms with Crippen LogP contribution in [0.1, 0.15) is 80.8 Å². The second-order valence-electron chi connectivity index (χ2n) is 8.87. The second kappa shape index (κ2) is 11.7. The van der Waals surface area contributed by atoms with Crippen molar-refractivity contribution in [3.63, 3.8) is 0 Å². The molecule has 1 aliphatic rings. The summed E-state index contributed by atoms with van der Waals surface area (Å²) < 4.78 is 42.5. The third kappa shape index (κ3) is 6.73. The van der Waals surface area contributed by atoms with Crippen LogP contribution in [0, 0.1) is 5.92 Å². The Hall–Kier alpha value is -3.02. The highest BCUT2D eigenvalue weighted by Gasteiger charge is 2.23. The Balaban J connectivity index is 1.84. The molecule has 1 atom stereocenters. The van der Waals surface area contributed by atoms with Crippen molar-refractivity contribution in [1.82, 2.24) is 5.32 Å². The maximum atomic E-state index is 13.2. The van der Waals surface area contributed by atoms with E-state index in [1.165, 1.54) is 24.6 Å². The fraction of sp³-hybridized carbons (Fsp3) is 0.481. The lowest BCUT2D eigenvalue weighted by Crippen LogP contribution is -2.34. The van der Waals surface area contributed by atoms with Crippen LogP contribution in [0.4, 0.5) is 5.69 Å². The molecular weight excluding hydrogens is 416 g/mol. The highest BCUT2D eigenvalue weighted by atomic mass is 16.5. The summed E-state index contributed by atoms with van der Waals surface area (Å²) in [6.45, 7) is -0.115. The SMILES string of the molecule is [2H]C([2H])([2H])C([2H])([2H])Oc1cc(CC(=O)N[C@@H](CC(C)C)c2ccccc2N2CCCCC2)ccc1C(=O)O. The molecule has 6 nitrogen and oxygen atoms in total. The van der Waals surface area contributed by atoms with E-state index in [2.05, 4.69) is 30.1 Å². The predicted molar refractivity (Wildman–Crippen MR) is 131 cm³/mol. The number of nitrogens with one attached hydrogen (secondary N) is 1. The molecule has 6 heteroatoms. The van der Waals surface area contributed by atoms with Crippen molar-refractivity contribution in [1.29, 1.82) is 0 Å². The molecule has 2 N–H and O–H groups in total. The Bertz CT molecular complexity index is 1130. The van der Waals surface area contributed by atoms with Crippen LogP contribution in [0.2, 0.25) is 0 Å². The lowest BCUT2D eigenvalue weighted by atomic mass is 9.94. The molecule has 0 bridgehead atoms. The number of amides is 1. The highest BCUT2D eigenvalue weighted by Crippen LogP contribution is 2.32. The van der Waals surface area contributed by atoms with Gasteiger partial charge in [0.25, 0.3) is 0 Å². The molecule has 1 fully saturated rings. The Labute approximate surface area is 204 Å². The Kier molecular flexibility index (Phi) is 6.54. The number of hydrogen-bond acceptors (Lipinski definition) is 4. The molecule has 0 unspecified atom stereocenters. The van der Waals surface area contributed by atoms with Crippen molar-refractivity contribution in [2.75, 3.05) is 24.5 Å². The van der Waals surface area contributed by atoms with E-state index in [4.69, 9.17) is 11.6 Å². The third-order valence-electron chi connectivity index (χ3n) is 5.85. The van der Waals surface area contributed by atoms with E-state index >= 15 is 0 Å². The third-order valence-corrected chi connectivity index (χ3v) is 5.85. The van der Waals surface area contributed by atoms with Gasteiger partial charge in [-0.15, -0.1) is 0 Å². The zero-order valence-electron chi connectivity index (χ0n) is 24.3. The van der Waals surface area contributed by atoms with Crippen molar-refractivity contribution >= 4 is 17.6 Å².